The molecule has 0 aliphatic carbocycles. The van der Waals surface area contributed by atoms with Crippen molar-refractivity contribution >= 4 is 29.3 Å². The zero-order valence-electron chi connectivity index (χ0n) is 7.01. The minimum atomic E-state index is 0.0990. The van der Waals surface area contributed by atoms with Gasteiger partial charge in [0.1, 0.15) is 0 Å². The van der Waals surface area contributed by atoms with E-state index < -0.39 is 0 Å². The van der Waals surface area contributed by atoms with Gasteiger partial charge in [0.05, 0.1) is 0 Å². The fraction of sp³-hybridized carbons (Fsp3) is 0.875. The van der Waals surface area contributed by atoms with E-state index in [1.807, 2.05) is 11.8 Å². The second-order valence-corrected chi connectivity index (χ2v) is 4.50. The molecule has 1 fully saturated rings. The second-order valence-electron chi connectivity index (χ2n) is 2.89. The largest absolute Gasteiger partial charge is 0.353 e. The van der Waals surface area contributed by atoms with Crippen molar-refractivity contribution in [1.82, 2.24) is 5.32 Å². The van der Waals surface area contributed by atoms with Crippen molar-refractivity contribution in [3.8, 4) is 0 Å². The first-order valence-corrected chi connectivity index (χ1v) is 5.95. The first-order chi connectivity index (χ1) is 5.83. The minimum Gasteiger partial charge on any atom is -0.353 e. The summed E-state index contributed by atoms with van der Waals surface area (Å²) in [6.45, 7) is 0. The molecule has 1 heterocycles. The number of amides is 1. The average molecular weight is 208 g/mol. The molecule has 1 aliphatic heterocycles. The fourth-order valence-electron chi connectivity index (χ4n) is 1.23. The third kappa shape index (κ3) is 3.68. The van der Waals surface area contributed by atoms with Crippen LogP contribution in [-0.2, 0) is 4.79 Å². The number of carbonyl (C=O) groups excluding carboxylic acids is 1. The lowest BCUT2D eigenvalue weighted by Crippen LogP contribution is -2.37. The Bertz CT molecular complexity index is 148. The summed E-state index contributed by atoms with van der Waals surface area (Å²) in [4.78, 5) is 11.1. The van der Waals surface area contributed by atoms with Crippen LogP contribution in [0.1, 0.15) is 19.3 Å². The Morgan fingerprint density at radius 1 is 1.50 bits per heavy atom. The predicted molar refractivity (Wildman–Crippen MR) is 53.8 cm³/mol. The number of hydrogen-bond acceptors (Lipinski definition) is 2. The highest BCUT2D eigenvalue weighted by Gasteiger charge is 2.14. The van der Waals surface area contributed by atoms with Crippen molar-refractivity contribution in [3.05, 3.63) is 0 Å². The van der Waals surface area contributed by atoms with Crippen LogP contribution in [0.4, 0.5) is 0 Å². The summed E-state index contributed by atoms with van der Waals surface area (Å²) >= 11 is 7.41. The molecule has 0 aromatic rings. The Labute approximate surface area is 82.4 Å². The Balaban J connectivity index is 2.15. The summed E-state index contributed by atoms with van der Waals surface area (Å²) in [6.07, 6.45) is 2.67. The van der Waals surface area contributed by atoms with E-state index in [1.165, 1.54) is 11.5 Å². The lowest BCUT2D eigenvalue weighted by Gasteiger charge is -2.22. The quantitative estimate of drug-likeness (QED) is 0.713. The van der Waals surface area contributed by atoms with Crippen LogP contribution in [0, 0.1) is 0 Å². The predicted octanol–water partition coefficient (Wildman–Crippen LogP) is 1.63. The summed E-state index contributed by atoms with van der Waals surface area (Å²) in [7, 11) is 0. The fourth-order valence-corrected chi connectivity index (χ4v) is 2.51. The molecule has 0 aromatic heterocycles. The highest BCUT2D eigenvalue weighted by atomic mass is 35.5. The normalized spacial score (nSPS) is 19.1. The average Bonchev–Trinajstić information content (AvgIpc) is 2.06. The molecular formula is C8H14ClNOS. The first kappa shape index (κ1) is 10.2. The molecule has 1 saturated heterocycles. The highest BCUT2D eigenvalue weighted by molar-refractivity contribution is 7.99. The van der Waals surface area contributed by atoms with Crippen LogP contribution in [0.15, 0.2) is 0 Å². The maximum absolute atomic E-state index is 11.1. The molecule has 4 heteroatoms. The first-order valence-electron chi connectivity index (χ1n) is 4.26. The van der Waals surface area contributed by atoms with Crippen LogP contribution in [0.5, 0.6) is 0 Å². The minimum absolute atomic E-state index is 0.0990. The maximum atomic E-state index is 11.1. The van der Waals surface area contributed by atoms with Crippen molar-refractivity contribution in [2.75, 3.05) is 17.4 Å². The zero-order chi connectivity index (χ0) is 8.81. The van der Waals surface area contributed by atoms with Gasteiger partial charge in [0.25, 0.3) is 0 Å². The van der Waals surface area contributed by atoms with Crippen molar-refractivity contribution in [2.45, 2.75) is 25.3 Å². The van der Waals surface area contributed by atoms with Crippen molar-refractivity contribution in [2.24, 2.45) is 0 Å². The van der Waals surface area contributed by atoms with Gasteiger partial charge in [-0.3, -0.25) is 4.79 Å². The second kappa shape index (κ2) is 5.70. The molecule has 0 spiro atoms. The molecule has 1 aliphatic rings. The SMILES string of the molecule is O=C(CCCl)NC1CCSCC1. The van der Waals surface area contributed by atoms with Crippen LogP contribution in [0.25, 0.3) is 0 Å². The zero-order valence-corrected chi connectivity index (χ0v) is 8.59. The molecule has 0 atom stereocenters. The van der Waals surface area contributed by atoms with E-state index in [2.05, 4.69) is 5.32 Å². The number of nitrogens with one attached hydrogen (secondary N) is 1. The van der Waals surface area contributed by atoms with Crippen LogP contribution in [0.2, 0.25) is 0 Å². The van der Waals surface area contributed by atoms with Crippen LogP contribution in [0.3, 0.4) is 0 Å². The van der Waals surface area contributed by atoms with E-state index in [1.54, 1.807) is 0 Å². The molecule has 2 nitrogen and oxygen atoms in total. The van der Waals surface area contributed by atoms with Crippen LogP contribution in [-0.4, -0.2) is 29.3 Å². The van der Waals surface area contributed by atoms with E-state index in [4.69, 9.17) is 11.6 Å². The van der Waals surface area contributed by atoms with E-state index in [-0.39, 0.29) is 5.91 Å². The number of alkyl halides is 1. The molecular weight excluding hydrogens is 194 g/mol. The van der Waals surface area contributed by atoms with Crippen LogP contribution < -0.4 is 5.32 Å². The summed E-state index contributed by atoms with van der Waals surface area (Å²) in [5.74, 6) is 2.87. The Morgan fingerprint density at radius 2 is 2.17 bits per heavy atom. The molecule has 1 amide bonds. The summed E-state index contributed by atoms with van der Waals surface area (Å²) < 4.78 is 0. The number of hydrogen-bond donors (Lipinski definition) is 1. The van der Waals surface area contributed by atoms with Gasteiger partial charge < -0.3 is 5.32 Å². The van der Waals surface area contributed by atoms with Gasteiger partial charge in [-0.25, -0.2) is 0 Å². The molecule has 70 valence electrons. The summed E-state index contributed by atoms with van der Waals surface area (Å²) in [5.41, 5.74) is 0. The maximum Gasteiger partial charge on any atom is 0.221 e. The van der Waals surface area contributed by atoms with Crippen molar-refractivity contribution in [1.29, 1.82) is 0 Å². The van der Waals surface area contributed by atoms with Gasteiger partial charge in [-0.1, -0.05) is 0 Å². The topological polar surface area (TPSA) is 29.1 Å². The van der Waals surface area contributed by atoms with E-state index in [0.29, 0.717) is 18.3 Å². The number of rotatable bonds is 3. The number of thioether (sulfide) groups is 1. The molecule has 1 rings (SSSR count). The van der Waals surface area contributed by atoms with Gasteiger partial charge in [0, 0.05) is 18.3 Å². The third-order valence-electron chi connectivity index (χ3n) is 1.91. The van der Waals surface area contributed by atoms with Gasteiger partial charge >= 0.3 is 0 Å². The lowest BCUT2D eigenvalue weighted by atomic mass is 10.1. The molecule has 12 heavy (non-hydrogen) atoms. The van der Waals surface area contributed by atoms with Gasteiger partial charge in [0.15, 0.2) is 0 Å². The monoisotopic (exact) mass is 207 g/mol. The summed E-state index contributed by atoms with van der Waals surface area (Å²) in [5, 5.41) is 2.98. The molecule has 0 saturated carbocycles. The molecule has 0 bridgehead atoms. The van der Waals surface area contributed by atoms with Gasteiger partial charge in [-0.2, -0.15) is 11.8 Å². The lowest BCUT2D eigenvalue weighted by molar-refractivity contribution is -0.121. The molecule has 0 aromatic carbocycles. The Kier molecular flexibility index (Phi) is 4.84. The smallest absolute Gasteiger partial charge is 0.221 e. The standard InChI is InChI=1S/C8H14ClNOS/c9-4-1-8(11)10-7-2-5-12-6-3-7/h7H,1-6H2,(H,10,11). The summed E-state index contributed by atoms with van der Waals surface area (Å²) in [6, 6.07) is 0.405. The third-order valence-corrected chi connectivity index (χ3v) is 3.15. The van der Waals surface area contributed by atoms with E-state index in [9.17, 15) is 4.79 Å². The van der Waals surface area contributed by atoms with E-state index in [0.717, 1.165) is 12.8 Å². The van der Waals surface area contributed by atoms with E-state index >= 15 is 0 Å². The van der Waals surface area contributed by atoms with Gasteiger partial charge in [0.2, 0.25) is 5.91 Å². The molecule has 0 radical (unpaired) electrons. The van der Waals surface area contributed by atoms with Gasteiger partial charge in [-0.15, -0.1) is 11.6 Å². The van der Waals surface area contributed by atoms with Crippen molar-refractivity contribution in [3.63, 3.8) is 0 Å². The highest BCUT2D eigenvalue weighted by Crippen LogP contribution is 2.16. The Hall–Kier alpha value is 0.110. The number of halogens is 1. The Morgan fingerprint density at radius 3 is 2.75 bits per heavy atom. The molecule has 0 unspecified atom stereocenters. The van der Waals surface area contributed by atoms with Gasteiger partial charge in [-0.05, 0) is 24.3 Å². The van der Waals surface area contributed by atoms with Crippen molar-refractivity contribution < 1.29 is 4.79 Å². The number of carbonyl (C=O) groups is 1. The van der Waals surface area contributed by atoms with Crippen LogP contribution >= 0.6 is 23.4 Å². The molecule has 1 N–H and O–H groups in total.